The molecule has 0 saturated carbocycles. The summed E-state index contributed by atoms with van der Waals surface area (Å²) in [5.74, 6) is -0.153. The monoisotopic (exact) mass is 280 g/mol. The Labute approximate surface area is 120 Å². The molecule has 0 aliphatic carbocycles. The molecule has 0 spiro atoms. The van der Waals surface area contributed by atoms with Gasteiger partial charge in [-0.1, -0.05) is 18.6 Å². The second-order valence-corrected chi connectivity index (χ2v) is 5.64. The number of nitrogens with two attached hydrogens (primary N) is 1. The summed E-state index contributed by atoms with van der Waals surface area (Å²) >= 11 is 0. The summed E-state index contributed by atoms with van der Waals surface area (Å²) in [4.78, 5) is 2.38. The van der Waals surface area contributed by atoms with E-state index in [1.807, 2.05) is 12.1 Å². The van der Waals surface area contributed by atoms with Gasteiger partial charge in [-0.3, -0.25) is 4.90 Å². The van der Waals surface area contributed by atoms with Crippen molar-refractivity contribution in [1.82, 2.24) is 4.90 Å². The zero-order chi connectivity index (χ0) is 14.5. The van der Waals surface area contributed by atoms with Crippen LogP contribution in [0.5, 0.6) is 0 Å². The van der Waals surface area contributed by atoms with Gasteiger partial charge in [0.2, 0.25) is 0 Å². The van der Waals surface area contributed by atoms with E-state index in [2.05, 4.69) is 4.90 Å². The Morgan fingerprint density at radius 2 is 2.20 bits per heavy atom. The summed E-state index contributed by atoms with van der Waals surface area (Å²) in [6.45, 7) is 4.40. The second kappa shape index (κ2) is 7.16. The van der Waals surface area contributed by atoms with Gasteiger partial charge >= 0.3 is 0 Å². The number of rotatable bonds is 4. The fourth-order valence-corrected chi connectivity index (χ4v) is 3.03. The average molecular weight is 280 g/mol. The second-order valence-electron chi connectivity index (χ2n) is 5.64. The van der Waals surface area contributed by atoms with Crippen molar-refractivity contribution in [1.29, 1.82) is 0 Å². The zero-order valence-electron chi connectivity index (χ0n) is 12.4. The maximum atomic E-state index is 13.5. The van der Waals surface area contributed by atoms with E-state index in [4.69, 9.17) is 10.5 Å². The minimum absolute atomic E-state index is 0.0965. The van der Waals surface area contributed by atoms with Crippen LogP contribution in [-0.2, 0) is 4.74 Å². The molecule has 2 unspecified atom stereocenters. The molecule has 1 aliphatic rings. The van der Waals surface area contributed by atoms with E-state index in [9.17, 15) is 4.39 Å². The van der Waals surface area contributed by atoms with Crippen molar-refractivity contribution < 1.29 is 9.13 Å². The summed E-state index contributed by atoms with van der Waals surface area (Å²) in [5.41, 5.74) is 8.19. The van der Waals surface area contributed by atoms with Gasteiger partial charge in [0.25, 0.3) is 0 Å². The van der Waals surface area contributed by atoms with Crippen molar-refractivity contribution in [2.24, 2.45) is 5.73 Å². The van der Waals surface area contributed by atoms with Crippen molar-refractivity contribution in [3.63, 3.8) is 0 Å². The molecule has 1 aliphatic heterocycles. The summed E-state index contributed by atoms with van der Waals surface area (Å²) in [7, 11) is 1.72. The fraction of sp³-hybridized carbons (Fsp3) is 0.625. The van der Waals surface area contributed by atoms with Gasteiger partial charge in [0.05, 0.1) is 6.61 Å². The Balaban J connectivity index is 2.26. The molecule has 1 aromatic rings. The molecule has 3 nitrogen and oxygen atoms in total. The number of methoxy groups -OCH3 is 1. The SMILES string of the molecule is COCCN1CCCCC(N)C1c1ccc(F)c(C)c1. The molecular formula is C16H25FN2O. The van der Waals surface area contributed by atoms with Gasteiger partial charge in [-0.25, -0.2) is 4.39 Å². The Morgan fingerprint density at radius 1 is 1.40 bits per heavy atom. The number of halogens is 1. The van der Waals surface area contributed by atoms with Crippen LogP contribution in [0.2, 0.25) is 0 Å². The lowest BCUT2D eigenvalue weighted by atomic mass is 9.95. The molecule has 4 heteroatoms. The van der Waals surface area contributed by atoms with Gasteiger partial charge in [0.15, 0.2) is 0 Å². The largest absolute Gasteiger partial charge is 0.383 e. The molecule has 0 aromatic heterocycles. The van der Waals surface area contributed by atoms with E-state index in [0.29, 0.717) is 12.2 Å². The highest BCUT2D eigenvalue weighted by Crippen LogP contribution is 2.30. The van der Waals surface area contributed by atoms with E-state index >= 15 is 0 Å². The molecule has 2 rings (SSSR count). The number of likely N-dealkylation sites (tertiary alicyclic amines) is 1. The van der Waals surface area contributed by atoms with Crippen LogP contribution < -0.4 is 5.73 Å². The maximum absolute atomic E-state index is 13.5. The highest BCUT2D eigenvalue weighted by Gasteiger charge is 2.28. The first kappa shape index (κ1) is 15.4. The molecule has 1 heterocycles. The van der Waals surface area contributed by atoms with Crippen LogP contribution in [0.3, 0.4) is 0 Å². The van der Waals surface area contributed by atoms with Crippen molar-refractivity contribution >= 4 is 0 Å². The van der Waals surface area contributed by atoms with Crippen molar-refractivity contribution in [2.45, 2.75) is 38.3 Å². The highest BCUT2D eigenvalue weighted by molar-refractivity contribution is 5.28. The van der Waals surface area contributed by atoms with Crippen molar-refractivity contribution in [3.05, 3.63) is 35.1 Å². The van der Waals surface area contributed by atoms with Gasteiger partial charge in [0.1, 0.15) is 5.82 Å². The molecule has 0 radical (unpaired) electrons. The van der Waals surface area contributed by atoms with Crippen molar-refractivity contribution in [2.75, 3.05) is 26.8 Å². The summed E-state index contributed by atoms with van der Waals surface area (Å²) in [6, 6.07) is 5.62. The van der Waals surface area contributed by atoms with E-state index < -0.39 is 0 Å². The van der Waals surface area contributed by atoms with Crippen LogP contribution >= 0.6 is 0 Å². The molecule has 0 amide bonds. The van der Waals surface area contributed by atoms with Gasteiger partial charge in [0, 0.05) is 25.7 Å². The Morgan fingerprint density at radius 3 is 2.90 bits per heavy atom. The van der Waals surface area contributed by atoms with Crippen LogP contribution in [0, 0.1) is 12.7 Å². The minimum atomic E-state index is -0.153. The zero-order valence-corrected chi connectivity index (χ0v) is 12.4. The van der Waals surface area contributed by atoms with Crippen molar-refractivity contribution in [3.8, 4) is 0 Å². The van der Waals surface area contributed by atoms with Gasteiger partial charge < -0.3 is 10.5 Å². The lowest BCUT2D eigenvalue weighted by Gasteiger charge is -2.33. The smallest absolute Gasteiger partial charge is 0.126 e. The molecule has 1 fully saturated rings. The molecular weight excluding hydrogens is 255 g/mol. The van der Waals surface area contributed by atoms with Gasteiger partial charge in [-0.05, 0) is 43.5 Å². The predicted octanol–water partition coefficient (Wildman–Crippen LogP) is 2.63. The van der Waals surface area contributed by atoms with Crippen LogP contribution in [0.25, 0.3) is 0 Å². The predicted molar refractivity (Wildman–Crippen MR) is 79.2 cm³/mol. The van der Waals surface area contributed by atoms with E-state index in [-0.39, 0.29) is 17.9 Å². The minimum Gasteiger partial charge on any atom is -0.383 e. The lowest BCUT2D eigenvalue weighted by molar-refractivity contribution is 0.115. The Bertz CT molecular complexity index is 438. The quantitative estimate of drug-likeness (QED) is 0.921. The standard InChI is InChI=1S/C16H25FN2O/c1-12-11-13(6-7-14(12)17)16-15(18)5-3-4-8-19(16)9-10-20-2/h6-7,11,15-16H,3-5,8-10,18H2,1-2H3. The molecule has 0 bridgehead atoms. The number of ether oxygens (including phenoxy) is 1. The molecule has 112 valence electrons. The van der Waals surface area contributed by atoms with E-state index in [1.165, 1.54) is 0 Å². The fourth-order valence-electron chi connectivity index (χ4n) is 3.03. The lowest BCUT2D eigenvalue weighted by Crippen LogP contribution is -2.41. The molecule has 1 saturated heterocycles. The van der Waals surface area contributed by atoms with Gasteiger partial charge in [-0.15, -0.1) is 0 Å². The third-order valence-corrected chi connectivity index (χ3v) is 4.14. The highest BCUT2D eigenvalue weighted by atomic mass is 19.1. The maximum Gasteiger partial charge on any atom is 0.126 e. The summed E-state index contributed by atoms with van der Waals surface area (Å²) < 4.78 is 18.7. The number of nitrogens with zero attached hydrogens (tertiary/aromatic N) is 1. The molecule has 1 aromatic carbocycles. The topological polar surface area (TPSA) is 38.5 Å². The molecule has 20 heavy (non-hydrogen) atoms. The number of hydrogen-bond acceptors (Lipinski definition) is 3. The van der Waals surface area contributed by atoms with Crippen LogP contribution in [0.4, 0.5) is 4.39 Å². The average Bonchev–Trinajstić information content (AvgIpc) is 2.61. The summed E-state index contributed by atoms with van der Waals surface area (Å²) in [5, 5.41) is 0. The van der Waals surface area contributed by atoms with Crippen LogP contribution in [0.1, 0.15) is 36.4 Å². The first-order valence-electron chi connectivity index (χ1n) is 7.38. The molecule has 2 atom stereocenters. The Hall–Kier alpha value is -0.970. The summed E-state index contributed by atoms with van der Waals surface area (Å²) in [6.07, 6.45) is 3.33. The first-order valence-corrected chi connectivity index (χ1v) is 7.38. The van der Waals surface area contributed by atoms with E-state index in [0.717, 1.165) is 37.9 Å². The third-order valence-electron chi connectivity index (χ3n) is 4.14. The van der Waals surface area contributed by atoms with E-state index in [1.54, 1.807) is 20.1 Å². The first-order chi connectivity index (χ1) is 9.63. The normalized spacial score (nSPS) is 24.6. The van der Waals surface area contributed by atoms with Crippen LogP contribution in [-0.4, -0.2) is 37.7 Å². The number of benzene rings is 1. The molecule has 2 N–H and O–H groups in total. The number of aryl methyl sites for hydroxylation is 1. The third kappa shape index (κ3) is 3.57. The number of hydrogen-bond donors (Lipinski definition) is 1. The van der Waals surface area contributed by atoms with Gasteiger partial charge in [-0.2, -0.15) is 0 Å². The Kier molecular flexibility index (Phi) is 5.52. The van der Waals surface area contributed by atoms with Crippen LogP contribution in [0.15, 0.2) is 18.2 Å².